The van der Waals surface area contributed by atoms with Crippen molar-refractivity contribution in [1.82, 2.24) is 0 Å². The van der Waals surface area contributed by atoms with Gasteiger partial charge in [0.2, 0.25) is 0 Å². The van der Waals surface area contributed by atoms with Crippen LogP contribution in [0.4, 0.5) is 0 Å². The fraction of sp³-hybridized carbons (Fsp3) is 0.944. The van der Waals surface area contributed by atoms with Crippen LogP contribution in [0.1, 0.15) is 369 Å². The van der Waals surface area contributed by atoms with Crippen molar-refractivity contribution in [3.63, 3.8) is 0 Å². The van der Waals surface area contributed by atoms with Crippen molar-refractivity contribution in [3.8, 4) is 0 Å². The molecule has 0 aromatic rings. The van der Waals surface area contributed by atoms with Crippen molar-refractivity contribution in [2.75, 3.05) is 39.6 Å². The van der Waals surface area contributed by atoms with Gasteiger partial charge in [-0.15, -0.1) is 0 Å². The molecule has 0 heterocycles. The summed E-state index contributed by atoms with van der Waals surface area (Å²) in [5, 5.41) is 10.6. The number of aliphatic hydroxyl groups is 1. The van der Waals surface area contributed by atoms with E-state index in [1.807, 2.05) is 0 Å². The summed E-state index contributed by atoms with van der Waals surface area (Å²) in [6.07, 6.45) is 51.4. The largest absolute Gasteiger partial charge is 0.472 e. The lowest BCUT2D eigenvalue weighted by Crippen LogP contribution is -2.30. The fourth-order valence-electron chi connectivity index (χ4n) is 10.8. The number of hydrogen-bond donors (Lipinski definition) is 3. The summed E-state index contributed by atoms with van der Waals surface area (Å²) in [4.78, 5) is 72.5. The molecule has 0 aliphatic rings. The van der Waals surface area contributed by atoms with E-state index in [4.69, 9.17) is 37.0 Å². The van der Waals surface area contributed by atoms with Gasteiger partial charge in [-0.1, -0.05) is 317 Å². The first-order chi connectivity index (χ1) is 43.5. The summed E-state index contributed by atoms with van der Waals surface area (Å²) in [5.74, 6) is -1.44. The lowest BCUT2D eigenvalue weighted by atomic mass is 10.0. The monoisotopic (exact) mass is 1320 g/mol. The lowest BCUT2D eigenvalue weighted by Gasteiger charge is -2.21. The molecule has 0 saturated carbocycles. The van der Waals surface area contributed by atoms with E-state index in [-0.39, 0.29) is 25.7 Å². The van der Waals surface area contributed by atoms with Gasteiger partial charge >= 0.3 is 39.5 Å². The molecule has 534 valence electrons. The number of aliphatic hydroxyl groups excluding tert-OH is 1. The summed E-state index contributed by atoms with van der Waals surface area (Å²) in [6, 6.07) is 0. The second-order valence-corrected chi connectivity index (χ2v) is 29.0. The molecule has 0 rings (SSSR count). The van der Waals surface area contributed by atoms with Gasteiger partial charge in [0.15, 0.2) is 12.2 Å². The highest BCUT2D eigenvalue weighted by atomic mass is 31.2. The first-order valence-electron chi connectivity index (χ1n) is 37.1. The third-order valence-corrected chi connectivity index (χ3v) is 18.4. The number of ether oxygens (including phenoxy) is 4. The van der Waals surface area contributed by atoms with Crippen LogP contribution in [0.25, 0.3) is 0 Å². The summed E-state index contributed by atoms with van der Waals surface area (Å²) in [7, 11) is -9.90. The number of carbonyl (C=O) groups is 4. The van der Waals surface area contributed by atoms with Gasteiger partial charge in [-0.05, 0) is 31.6 Å². The highest BCUT2D eigenvalue weighted by Crippen LogP contribution is 2.45. The van der Waals surface area contributed by atoms with Gasteiger partial charge in [-0.3, -0.25) is 37.3 Å². The third-order valence-electron chi connectivity index (χ3n) is 16.5. The van der Waals surface area contributed by atoms with Gasteiger partial charge in [0, 0.05) is 25.7 Å². The van der Waals surface area contributed by atoms with Crippen LogP contribution in [0.2, 0.25) is 0 Å². The van der Waals surface area contributed by atoms with Crippen LogP contribution >= 0.6 is 15.6 Å². The van der Waals surface area contributed by atoms with Crippen molar-refractivity contribution in [2.45, 2.75) is 387 Å². The molecule has 3 N–H and O–H groups in total. The van der Waals surface area contributed by atoms with Gasteiger partial charge in [-0.25, -0.2) is 9.13 Å². The molecular formula is C71H138O17P2. The average molecular weight is 1330 g/mol. The predicted octanol–water partition coefficient (Wildman–Crippen LogP) is 20.5. The Balaban J connectivity index is 5.23. The molecule has 0 aromatic heterocycles. The predicted molar refractivity (Wildman–Crippen MR) is 363 cm³/mol. The van der Waals surface area contributed by atoms with Gasteiger partial charge in [0.25, 0.3) is 0 Å². The summed E-state index contributed by atoms with van der Waals surface area (Å²) in [5.41, 5.74) is 0. The van der Waals surface area contributed by atoms with Crippen molar-refractivity contribution in [3.05, 3.63) is 0 Å². The summed E-state index contributed by atoms with van der Waals surface area (Å²) >= 11 is 0. The molecule has 0 fully saturated rings. The molecule has 0 radical (unpaired) electrons. The molecule has 0 bridgehead atoms. The third kappa shape index (κ3) is 64.8. The summed E-state index contributed by atoms with van der Waals surface area (Å²) < 4.78 is 68.3. The first kappa shape index (κ1) is 88.1. The summed E-state index contributed by atoms with van der Waals surface area (Å²) in [6.45, 7) is 7.18. The van der Waals surface area contributed by atoms with E-state index in [9.17, 15) is 43.2 Å². The molecule has 0 aliphatic heterocycles. The number of rotatable bonds is 71. The van der Waals surface area contributed by atoms with Crippen LogP contribution in [0, 0.1) is 5.92 Å². The number of phosphoric acid groups is 2. The molecule has 0 aromatic carbocycles. The average Bonchev–Trinajstić information content (AvgIpc) is 3.17. The quantitative estimate of drug-likeness (QED) is 0.0222. The highest BCUT2D eigenvalue weighted by molar-refractivity contribution is 7.47. The van der Waals surface area contributed by atoms with Crippen LogP contribution in [0.5, 0.6) is 0 Å². The minimum atomic E-state index is -4.95. The second kappa shape index (κ2) is 64.4. The van der Waals surface area contributed by atoms with Gasteiger partial charge in [0.1, 0.15) is 19.3 Å². The zero-order valence-electron chi connectivity index (χ0n) is 58.3. The Bertz CT molecular complexity index is 1740. The topological polar surface area (TPSA) is 237 Å². The Morgan fingerprint density at radius 1 is 0.300 bits per heavy atom. The van der Waals surface area contributed by atoms with Gasteiger partial charge in [-0.2, -0.15) is 0 Å². The standard InChI is InChI=1S/C71H138O17P2/c1-6-9-12-15-18-21-24-26-28-30-33-35-38-44-49-54-68(73)81-60-66(87-71(76)57-52-47-40-37-34-31-29-27-25-22-19-16-13-10-7-2)62-85-89(77,78)83-58-65(72)59-84-90(79,80)86-63-67(61-82-69(74)55-50-45-42-41-43-48-53-64(4)5)88-70(75)56-51-46-39-36-32-23-20-17-14-11-8-3/h64-67,72H,6-63H2,1-5H3,(H,77,78)(H,79,80)/t65-,66-,67-/m1/s1. The Hall–Kier alpha value is -1.94. The van der Waals surface area contributed by atoms with Gasteiger partial charge < -0.3 is 33.8 Å². The molecular weight excluding hydrogens is 1190 g/mol. The zero-order chi connectivity index (χ0) is 66.3. The maximum absolute atomic E-state index is 13.0. The van der Waals surface area contributed by atoms with Crippen LogP contribution < -0.4 is 0 Å². The molecule has 17 nitrogen and oxygen atoms in total. The number of hydrogen-bond acceptors (Lipinski definition) is 15. The van der Waals surface area contributed by atoms with E-state index in [0.717, 1.165) is 96.3 Å². The van der Waals surface area contributed by atoms with Crippen LogP contribution in [0.3, 0.4) is 0 Å². The molecule has 0 spiro atoms. The van der Waals surface area contributed by atoms with E-state index in [2.05, 4.69) is 34.6 Å². The number of esters is 4. The Morgan fingerprint density at radius 3 is 0.756 bits per heavy atom. The van der Waals surface area contributed by atoms with Crippen molar-refractivity contribution < 1.29 is 80.2 Å². The maximum Gasteiger partial charge on any atom is 0.472 e. The maximum atomic E-state index is 13.0. The van der Waals surface area contributed by atoms with Crippen molar-refractivity contribution >= 4 is 39.5 Å². The molecule has 0 aliphatic carbocycles. The molecule has 5 atom stereocenters. The molecule has 2 unspecified atom stereocenters. The SMILES string of the molecule is CCCCCCCCCCCCCCCCCC(=O)OC[C@H](COP(=O)(O)OC[C@@H](O)COP(=O)(O)OC[C@@H](COC(=O)CCCCCCCCC(C)C)OC(=O)CCCCCCCCCCCCC)OC(=O)CCCCCCCCCCCCCCCCC. The van der Waals surface area contributed by atoms with E-state index in [0.29, 0.717) is 31.6 Å². The minimum absolute atomic E-state index is 0.106. The van der Waals surface area contributed by atoms with Crippen LogP contribution in [0.15, 0.2) is 0 Å². The minimum Gasteiger partial charge on any atom is -0.462 e. The fourth-order valence-corrected chi connectivity index (χ4v) is 12.4. The van der Waals surface area contributed by atoms with Crippen molar-refractivity contribution in [1.29, 1.82) is 0 Å². The first-order valence-corrected chi connectivity index (χ1v) is 40.1. The Morgan fingerprint density at radius 2 is 0.511 bits per heavy atom. The smallest absolute Gasteiger partial charge is 0.462 e. The highest BCUT2D eigenvalue weighted by Gasteiger charge is 2.30. The second-order valence-electron chi connectivity index (χ2n) is 26.1. The lowest BCUT2D eigenvalue weighted by molar-refractivity contribution is -0.161. The molecule has 90 heavy (non-hydrogen) atoms. The Labute approximate surface area is 549 Å². The van der Waals surface area contributed by atoms with Crippen molar-refractivity contribution in [2.24, 2.45) is 5.92 Å². The van der Waals surface area contributed by atoms with Crippen LogP contribution in [-0.2, 0) is 65.4 Å². The number of carbonyl (C=O) groups excluding carboxylic acids is 4. The number of phosphoric ester groups is 2. The molecule has 0 amide bonds. The molecule has 0 saturated heterocycles. The van der Waals surface area contributed by atoms with E-state index in [1.165, 1.54) is 186 Å². The van der Waals surface area contributed by atoms with Crippen LogP contribution in [-0.4, -0.2) is 96.7 Å². The Kier molecular flexibility index (Phi) is 63.0. The molecule has 19 heteroatoms. The number of unbranched alkanes of at least 4 members (excludes halogenated alkanes) is 43. The van der Waals surface area contributed by atoms with E-state index >= 15 is 0 Å². The normalized spacial score (nSPS) is 14.1. The van der Waals surface area contributed by atoms with E-state index < -0.39 is 97.5 Å². The van der Waals surface area contributed by atoms with Gasteiger partial charge in [0.05, 0.1) is 26.4 Å². The van der Waals surface area contributed by atoms with E-state index in [1.54, 1.807) is 0 Å². The zero-order valence-corrected chi connectivity index (χ0v) is 60.1.